The van der Waals surface area contributed by atoms with Gasteiger partial charge in [-0.2, -0.15) is 0 Å². The fraction of sp³-hybridized carbons (Fsp3) is 0.500. The molecule has 3 heteroatoms. The van der Waals surface area contributed by atoms with Crippen molar-refractivity contribution in [1.82, 2.24) is 4.90 Å². The summed E-state index contributed by atoms with van der Waals surface area (Å²) < 4.78 is 5.58. The predicted octanol–water partition coefficient (Wildman–Crippen LogP) is 1.13. The number of para-hydroxylation sites is 1. The third kappa shape index (κ3) is 3.22. The monoisotopic (exact) mass is 207 g/mol. The van der Waals surface area contributed by atoms with Crippen molar-refractivity contribution in [3.05, 3.63) is 30.3 Å². The molecule has 0 aromatic heterocycles. The minimum absolute atomic E-state index is 0.137. The van der Waals surface area contributed by atoms with Crippen molar-refractivity contribution < 1.29 is 9.84 Å². The van der Waals surface area contributed by atoms with E-state index in [1.54, 1.807) is 0 Å². The zero-order chi connectivity index (χ0) is 10.5. The van der Waals surface area contributed by atoms with Gasteiger partial charge in [0.15, 0.2) is 0 Å². The standard InChI is InChI=1S/C12H17NO2/c14-11-6-7-13(10-11)8-9-15-12-4-2-1-3-5-12/h1-5,11,14H,6-10H2/t11-/m0/s1. The first-order chi connectivity index (χ1) is 7.34. The Labute approximate surface area is 90.3 Å². The number of β-amino-alcohol motifs (C(OH)–C–C–N with tert-alkyl or cyclic N) is 1. The lowest BCUT2D eigenvalue weighted by atomic mass is 10.3. The van der Waals surface area contributed by atoms with Crippen LogP contribution >= 0.6 is 0 Å². The van der Waals surface area contributed by atoms with Gasteiger partial charge in [-0.05, 0) is 18.6 Å². The minimum Gasteiger partial charge on any atom is -0.492 e. The average molecular weight is 207 g/mol. The third-order valence-electron chi connectivity index (χ3n) is 2.67. The summed E-state index contributed by atoms with van der Waals surface area (Å²) in [6, 6.07) is 9.82. The summed E-state index contributed by atoms with van der Waals surface area (Å²) >= 11 is 0. The molecule has 1 aromatic rings. The van der Waals surface area contributed by atoms with Crippen LogP contribution in [0.3, 0.4) is 0 Å². The van der Waals surface area contributed by atoms with E-state index in [0.717, 1.165) is 31.8 Å². The lowest BCUT2D eigenvalue weighted by Gasteiger charge is -2.15. The lowest BCUT2D eigenvalue weighted by molar-refractivity contribution is 0.167. The van der Waals surface area contributed by atoms with E-state index in [2.05, 4.69) is 4.90 Å². The first kappa shape index (κ1) is 10.5. The summed E-state index contributed by atoms with van der Waals surface area (Å²) in [4.78, 5) is 2.23. The summed E-state index contributed by atoms with van der Waals surface area (Å²) in [5.41, 5.74) is 0. The number of likely N-dealkylation sites (tertiary alicyclic amines) is 1. The summed E-state index contributed by atoms with van der Waals surface area (Å²) in [5.74, 6) is 0.914. The number of hydrogen-bond acceptors (Lipinski definition) is 3. The molecule has 0 spiro atoms. The van der Waals surface area contributed by atoms with Gasteiger partial charge in [0.25, 0.3) is 0 Å². The second-order valence-electron chi connectivity index (χ2n) is 3.90. The maximum absolute atomic E-state index is 9.33. The number of aliphatic hydroxyl groups is 1. The maximum Gasteiger partial charge on any atom is 0.119 e. The Bertz CT molecular complexity index is 289. The molecule has 2 rings (SSSR count). The van der Waals surface area contributed by atoms with Crippen molar-refractivity contribution in [3.63, 3.8) is 0 Å². The van der Waals surface area contributed by atoms with E-state index in [1.807, 2.05) is 30.3 Å². The Morgan fingerprint density at radius 1 is 1.33 bits per heavy atom. The molecule has 1 aromatic carbocycles. The molecule has 3 nitrogen and oxygen atoms in total. The fourth-order valence-electron chi connectivity index (χ4n) is 1.82. The Hall–Kier alpha value is -1.06. The highest BCUT2D eigenvalue weighted by Gasteiger charge is 2.19. The second kappa shape index (κ2) is 5.14. The van der Waals surface area contributed by atoms with Gasteiger partial charge in [0, 0.05) is 19.6 Å². The van der Waals surface area contributed by atoms with E-state index in [9.17, 15) is 5.11 Å². The Kier molecular flexibility index (Phi) is 3.59. The minimum atomic E-state index is -0.137. The topological polar surface area (TPSA) is 32.7 Å². The van der Waals surface area contributed by atoms with Crippen LogP contribution in [-0.2, 0) is 0 Å². The first-order valence-corrected chi connectivity index (χ1v) is 5.43. The predicted molar refractivity (Wildman–Crippen MR) is 59.0 cm³/mol. The van der Waals surface area contributed by atoms with Crippen LogP contribution in [0.25, 0.3) is 0 Å². The summed E-state index contributed by atoms with van der Waals surface area (Å²) in [5, 5.41) is 9.33. The van der Waals surface area contributed by atoms with Crippen molar-refractivity contribution in [3.8, 4) is 5.75 Å². The van der Waals surface area contributed by atoms with Crippen molar-refractivity contribution in [2.24, 2.45) is 0 Å². The highest BCUT2D eigenvalue weighted by Crippen LogP contribution is 2.10. The molecule has 82 valence electrons. The maximum atomic E-state index is 9.33. The van der Waals surface area contributed by atoms with Crippen LogP contribution in [0, 0.1) is 0 Å². The molecule has 0 bridgehead atoms. The van der Waals surface area contributed by atoms with E-state index >= 15 is 0 Å². The molecule has 1 N–H and O–H groups in total. The smallest absolute Gasteiger partial charge is 0.119 e. The van der Waals surface area contributed by atoms with Gasteiger partial charge in [-0.25, -0.2) is 0 Å². The van der Waals surface area contributed by atoms with E-state index < -0.39 is 0 Å². The first-order valence-electron chi connectivity index (χ1n) is 5.43. The third-order valence-corrected chi connectivity index (χ3v) is 2.67. The number of rotatable bonds is 4. The van der Waals surface area contributed by atoms with Crippen LogP contribution in [0.15, 0.2) is 30.3 Å². The molecule has 1 saturated heterocycles. The van der Waals surface area contributed by atoms with Crippen molar-refractivity contribution in [2.45, 2.75) is 12.5 Å². The number of nitrogens with zero attached hydrogens (tertiary/aromatic N) is 1. The van der Waals surface area contributed by atoms with E-state index in [-0.39, 0.29) is 6.10 Å². The van der Waals surface area contributed by atoms with Gasteiger partial charge in [0.1, 0.15) is 12.4 Å². The normalized spacial score (nSPS) is 21.8. The quantitative estimate of drug-likeness (QED) is 0.803. The summed E-state index contributed by atoms with van der Waals surface area (Å²) in [7, 11) is 0. The molecule has 1 heterocycles. The van der Waals surface area contributed by atoms with Gasteiger partial charge in [-0.3, -0.25) is 4.90 Å². The molecule has 0 amide bonds. The molecule has 0 unspecified atom stereocenters. The molecule has 1 fully saturated rings. The van der Waals surface area contributed by atoms with Gasteiger partial charge < -0.3 is 9.84 Å². The molecule has 0 radical (unpaired) electrons. The Balaban J connectivity index is 1.67. The van der Waals surface area contributed by atoms with Crippen LogP contribution < -0.4 is 4.74 Å². The van der Waals surface area contributed by atoms with Crippen LogP contribution in [-0.4, -0.2) is 42.4 Å². The number of ether oxygens (including phenoxy) is 1. The molecule has 1 aliphatic rings. The van der Waals surface area contributed by atoms with Gasteiger partial charge in [-0.1, -0.05) is 18.2 Å². The largest absolute Gasteiger partial charge is 0.492 e. The van der Waals surface area contributed by atoms with Crippen LogP contribution in [0.4, 0.5) is 0 Å². The number of hydrogen-bond donors (Lipinski definition) is 1. The number of aliphatic hydroxyl groups excluding tert-OH is 1. The molecule has 0 saturated carbocycles. The van der Waals surface area contributed by atoms with Crippen molar-refractivity contribution in [1.29, 1.82) is 0 Å². The van der Waals surface area contributed by atoms with Gasteiger partial charge in [-0.15, -0.1) is 0 Å². The fourth-order valence-corrected chi connectivity index (χ4v) is 1.82. The molecular formula is C12H17NO2. The van der Waals surface area contributed by atoms with Gasteiger partial charge >= 0.3 is 0 Å². The Morgan fingerprint density at radius 3 is 2.80 bits per heavy atom. The van der Waals surface area contributed by atoms with Crippen molar-refractivity contribution >= 4 is 0 Å². The van der Waals surface area contributed by atoms with E-state index in [1.165, 1.54) is 0 Å². The van der Waals surface area contributed by atoms with E-state index in [0.29, 0.717) is 6.61 Å². The van der Waals surface area contributed by atoms with Crippen LogP contribution in [0.5, 0.6) is 5.75 Å². The molecule has 15 heavy (non-hydrogen) atoms. The number of benzene rings is 1. The van der Waals surface area contributed by atoms with Gasteiger partial charge in [0.05, 0.1) is 6.10 Å². The highest BCUT2D eigenvalue weighted by atomic mass is 16.5. The Morgan fingerprint density at radius 2 is 2.13 bits per heavy atom. The lowest BCUT2D eigenvalue weighted by Crippen LogP contribution is -2.27. The molecule has 0 aliphatic carbocycles. The van der Waals surface area contributed by atoms with Crippen LogP contribution in [0.2, 0.25) is 0 Å². The van der Waals surface area contributed by atoms with E-state index in [4.69, 9.17) is 4.74 Å². The zero-order valence-corrected chi connectivity index (χ0v) is 8.80. The SMILES string of the molecule is O[C@H]1CCN(CCOc2ccccc2)C1. The van der Waals surface area contributed by atoms with Crippen LogP contribution in [0.1, 0.15) is 6.42 Å². The molecule has 1 atom stereocenters. The highest BCUT2D eigenvalue weighted by molar-refractivity contribution is 5.20. The van der Waals surface area contributed by atoms with Crippen molar-refractivity contribution in [2.75, 3.05) is 26.2 Å². The summed E-state index contributed by atoms with van der Waals surface area (Å²) in [6.07, 6.45) is 0.757. The average Bonchev–Trinajstić information content (AvgIpc) is 2.66. The second-order valence-corrected chi connectivity index (χ2v) is 3.90. The zero-order valence-electron chi connectivity index (χ0n) is 8.80. The molecular weight excluding hydrogens is 190 g/mol. The van der Waals surface area contributed by atoms with Gasteiger partial charge in [0.2, 0.25) is 0 Å². The summed E-state index contributed by atoms with van der Waals surface area (Å²) in [6.45, 7) is 3.36. The molecule has 1 aliphatic heterocycles.